The van der Waals surface area contributed by atoms with Gasteiger partial charge in [0.2, 0.25) is 0 Å². The minimum Gasteiger partial charge on any atom is -0.397 e. The summed E-state index contributed by atoms with van der Waals surface area (Å²) >= 11 is 0. The average Bonchev–Trinajstić information content (AvgIpc) is 2.85. The third-order valence-electron chi connectivity index (χ3n) is 5.47. The number of Topliss-reactive ketones (excluding diaryl/α,β-unsaturated/α-hetero) is 1. The third-order valence-corrected chi connectivity index (χ3v) is 5.47. The van der Waals surface area contributed by atoms with Crippen LogP contribution in [0.15, 0.2) is 97.3 Å². The Labute approximate surface area is 193 Å². The molecule has 0 radical (unpaired) electrons. The van der Waals surface area contributed by atoms with Crippen LogP contribution in [0.1, 0.15) is 27.9 Å². The van der Waals surface area contributed by atoms with Gasteiger partial charge >= 0.3 is 0 Å². The number of benzene rings is 3. The van der Waals surface area contributed by atoms with Gasteiger partial charge in [0.1, 0.15) is 5.78 Å². The molecule has 3 aromatic carbocycles. The highest BCUT2D eigenvalue weighted by Crippen LogP contribution is 2.27. The van der Waals surface area contributed by atoms with Gasteiger partial charge in [-0.25, -0.2) is 0 Å². The number of hydrogen-bond donors (Lipinski definition) is 2. The van der Waals surface area contributed by atoms with Crippen LogP contribution in [-0.2, 0) is 17.6 Å². The van der Waals surface area contributed by atoms with Crippen molar-refractivity contribution in [2.75, 3.05) is 11.1 Å². The van der Waals surface area contributed by atoms with Crippen molar-refractivity contribution in [1.82, 2.24) is 4.98 Å². The number of carbonyl (C=O) groups is 2. The standard InChI is InChI=1S/C28H25N3O2/c29-26-13-11-24(22-4-2-1-3-5-22)19-27(26)31-28(33)23-9-6-20(7-10-23)8-12-25(32)18-21-14-16-30-17-15-21/h1-7,9-11,13-17,19H,8,12,18,29H2,(H,31,33). The maximum Gasteiger partial charge on any atom is 0.255 e. The van der Waals surface area contributed by atoms with Gasteiger partial charge in [-0.2, -0.15) is 0 Å². The number of amides is 1. The zero-order valence-electron chi connectivity index (χ0n) is 18.2. The highest BCUT2D eigenvalue weighted by Gasteiger charge is 2.10. The fraction of sp³-hybridized carbons (Fsp3) is 0.107. The molecule has 0 aliphatic rings. The molecule has 164 valence electrons. The van der Waals surface area contributed by atoms with E-state index < -0.39 is 0 Å². The van der Waals surface area contributed by atoms with E-state index in [4.69, 9.17) is 5.73 Å². The van der Waals surface area contributed by atoms with Crippen molar-refractivity contribution in [2.24, 2.45) is 0 Å². The van der Waals surface area contributed by atoms with Crippen LogP contribution >= 0.6 is 0 Å². The Morgan fingerprint density at radius 2 is 1.52 bits per heavy atom. The summed E-state index contributed by atoms with van der Waals surface area (Å²) in [6.07, 6.45) is 4.89. The summed E-state index contributed by atoms with van der Waals surface area (Å²) in [5.41, 5.74) is 11.7. The van der Waals surface area contributed by atoms with Crippen molar-refractivity contribution in [2.45, 2.75) is 19.3 Å². The van der Waals surface area contributed by atoms with Gasteiger partial charge < -0.3 is 11.1 Å². The van der Waals surface area contributed by atoms with Crippen LogP contribution in [0.25, 0.3) is 11.1 Å². The lowest BCUT2D eigenvalue weighted by molar-refractivity contribution is -0.118. The zero-order chi connectivity index (χ0) is 23.0. The number of carbonyl (C=O) groups excluding carboxylic acids is 2. The van der Waals surface area contributed by atoms with E-state index in [9.17, 15) is 9.59 Å². The van der Waals surface area contributed by atoms with Crippen LogP contribution in [0.3, 0.4) is 0 Å². The molecule has 0 aliphatic heterocycles. The van der Waals surface area contributed by atoms with E-state index in [0.717, 1.165) is 22.3 Å². The number of aromatic nitrogens is 1. The molecule has 4 aromatic rings. The van der Waals surface area contributed by atoms with E-state index >= 15 is 0 Å². The Kier molecular flexibility index (Phi) is 6.90. The lowest BCUT2D eigenvalue weighted by Crippen LogP contribution is -2.13. The Morgan fingerprint density at radius 1 is 0.788 bits per heavy atom. The lowest BCUT2D eigenvalue weighted by Gasteiger charge is -2.11. The molecule has 4 rings (SSSR count). The summed E-state index contributed by atoms with van der Waals surface area (Å²) in [5.74, 6) is -0.0518. The molecular formula is C28H25N3O2. The number of anilines is 2. The summed E-state index contributed by atoms with van der Waals surface area (Å²) < 4.78 is 0. The molecule has 0 unspecified atom stereocenters. The second-order valence-electron chi connectivity index (χ2n) is 7.89. The molecule has 0 fully saturated rings. The maximum absolute atomic E-state index is 12.8. The first-order chi connectivity index (χ1) is 16.1. The monoisotopic (exact) mass is 435 g/mol. The molecule has 3 N–H and O–H groups in total. The minimum atomic E-state index is -0.229. The van der Waals surface area contributed by atoms with Gasteiger partial charge in [-0.05, 0) is 65.1 Å². The van der Waals surface area contributed by atoms with E-state index in [0.29, 0.717) is 36.2 Å². The van der Waals surface area contributed by atoms with Crippen molar-refractivity contribution in [1.29, 1.82) is 0 Å². The summed E-state index contributed by atoms with van der Waals surface area (Å²) in [7, 11) is 0. The number of nitrogen functional groups attached to an aromatic ring is 1. The first-order valence-corrected chi connectivity index (χ1v) is 10.8. The smallest absolute Gasteiger partial charge is 0.255 e. The van der Waals surface area contributed by atoms with Crippen molar-refractivity contribution in [3.8, 4) is 11.1 Å². The third kappa shape index (κ3) is 5.92. The SMILES string of the molecule is Nc1ccc(-c2ccccc2)cc1NC(=O)c1ccc(CCC(=O)Cc2ccncc2)cc1. The number of hydrogen-bond acceptors (Lipinski definition) is 4. The van der Waals surface area contributed by atoms with E-state index in [1.54, 1.807) is 30.6 Å². The quantitative estimate of drug-likeness (QED) is 0.367. The lowest BCUT2D eigenvalue weighted by atomic mass is 10.0. The topological polar surface area (TPSA) is 85.1 Å². The molecular weight excluding hydrogens is 410 g/mol. The molecule has 5 heteroatoms. The Hall–Kier alpha value is -4.25. The Bertz CT molecular complexity index is 1240. The fourth-order valence-electron chi connectivity index (χ4n) is 3.59. The van der Waals surface area contributed by atoms with Crippen LogP contribution in [0.4, 0.5) is 11.4 Å². The largest absolute Gasteiger partial charge is 0.397 e. The van der Waals surface area contributed by atoms with Crippen LogP contribution in [0.5, 0.6) is 0 Å². The number of nitrogens with zero attached hydrogens (tertiary/aromatic N) is 1. The van der Waals surface area contributed by atoms with E-state index in [2.05, 4.69) is 10.3 Å². The predicted molar refractivity (Wildman–Crippen MR) is 132 cm³/mol. The molecule has 0 spiro atoms. The molecule has 1 heterocycles. The van der Waals surface area contributed by atoms with Crippen molar-refractivity contribution in [3.63, 3.8) is 0 Å². The average molecular weight is 436 g/mol. The number of ketones is 1. The highest BCUT2D eigenvalue weighted by molar-refractivity contribution is 6.06. The van der Waals surface area contributed by atoms with Gasteiger partial charge in [0.25, 0.3) is 5.91 Å². The van der Waals surface area contributed by atoms with Crippen molar-refractivity contribution >= 4 is 23.1 Å². The summed E-state index contributed by atoms with van der Waals surface area (Å²) in [4.78, 5) is 29.0. The number of rotatable bonds is 8. The summed E-state index contributed by atoms with van der Waals surface area (Å²) in [5, 5.41) is 2.91. The number of pyridine rings is 1. The summed E-state index contributed by atoms with van der Waals surface area (Å²) in [6, 6.07) is 26.6. The van der Waals surface area contributed by atoms with Gasteiger partial charge in [-0.3, -0.25) is 14.6 Å². The first-order valence-electron chi connectivity index (χ1n) is 10.8. The number of aryl methyl sites for hydroxylation is 1. The normalized spacial score (nSPS) is 10.5. The maximum atomic E-state index is 12.8. The molecule has 0 saturated heterocycles. The molecule has 1 aromatic heterocycles. The van der Waals surface area contributed by atoms with Crippen LogP contribution in [-0.4, -0.2) is 16.7 Å². The number of nitrogens with two attached hydrogens (primary N) is 1. The van der Waals surface area contributed by atoms with Crippen LogP contribution in [0.2, 0.25) is 0 Å². The van der Waals surface area contributed by atoms with Gasteiger partial charge in [-0.1, -0.05) is 48.5 Å². The van der Waals surface area contributed by atoms with Gasteiger partial charge in [0, 0.05) is 30.8 Å². The number of nitrogens with one attached hydrogen (secondary N) is 1. The first kappa shape index (κ1) is 22.0. The minimum absolute atomic E-state index is 0.178. The Balaban J connectivity index is 1.36. The predicted octanol–water partition coefficient (Wildman–Crippen LogP) is 5.33. The molecule has 33 heavy (non-hydrogen) atoms. The van der Waals surface area contributed by atoms with Gasteiger partial charge in [-0.15, -0.1) is 0 Å². The molecule has 5 nitrogen and oxygen atoms in total. The van der Waals surface area contributed by atoms with Crippen molar-refractivity contribution < 1.29 is 9.59 Å². The molecule has 0 aliphatic carbocycles. The van der Waals surface area contributed by atoms with Crippen LogP contribution < -0.4 is 11.1 Å². The van der Waals surface area contributed by atoms with Crippen molar-refractivity contribution in [3.05, 3.63) is 114 Å². The van der Waals surface area contributed by atoms with E-state index in [1.807, 2.05) is 66.7 Å². The van der Waals surface area contributed by atoms with Crippen LogP contribution in [0, 0.1) is 0 Å². The highest BCUT2D eigenvalue weighted by atomic mass is 16.1. The van der Waals surface area contributed by atoms with Gasteiger partial charge in [0.05, 0.1) is 11.4 Å². The zero-order valence-corrected chi connectivity index (χ0v) is 18.2. The Morgan fingerprint density at radius 3 is 2.24 bits per heavy atom. The fourth-order valence-corrected chi connectivity index (χ4v) is 3.59. The van der Waals surface area contributed by atoms with Gasteiger partial charge in [0.15, 0.2) is 0 Å². The molecule has 0 saturated carbocycles. The van der Waals surface area contributed by atoms with E-state index in [1.165, 1.54) is 0 Å². The second-order valence-corrected chi connectivity index (χ2v) is 7.89. The molecule has 0 bridgehead atoms. The molecule has 0 atom stereocenters. The van der Waals surface area contributed by atoms with E-state index in [-0.39, 0.29) is 11.7 Å². The second kappa shape index (κ2) is 10.4. The molecule has 1 amide bonds. The summed E-state index contributed by atoms with van der Waals surface area (Å²) in [6.45, 7) is 0.